The Labute approximate surface area is 153 Å². The van der Waals surface area contributed by atoms with Gasteiger partial charge in [-0.25, -0.2) is 9.67 Å². The highest BCUT2D eigenvalue weighted by Crippen LogP contribution is 2.19. The Kier molecular flexibility index (Phi) is 5.37. The van der Waals surface area contributed by atoms with E-state index in [1.165, 1.54) is 6.20 Å². The van der Waals surface area contributed by atoms with Gasteiger partial charge < -0.3 is 15.0 Å². The number of nitrogens with one attached hydrogen (secondary N) is 2. The highest BCUT2D eigenvalue weighted by atomic mass is 32.2. The normalized spacial score (nSPS) is 10.7. The predicted molar refractivity (Wildman–Crippen MR) is 100.0 cm³/mol. The molecule has 0 aliphatic heterocycles. The zero-order valence-electron chi connectivity index (χ0n) is 14.1. The van der Waals surface area contributed by atoms with Crippen LogP contribution in [0.5, 0.6) is 5.75 Å². The van der Waals surface area contributed by atoms with E-state index >= 15 is 0 Å². The average molecular weight is 371 g/mol. The number of hydrogen-bond donors (Lipinski definition) is 2. The number of H-pyrrole nitrogens is 1. The van der Waals surface area contributed by atoms with Gasteiger partial charge in [-0.3, -0.25) is 9.59 Å². The van der Waals surface area contributed by atoms with Crippen LogP contribution in [0.2, 0.25) is 0 Å². The summed E-state index contributed by atoms with van der Waals surface area (Å²) >= 11 is 1.15. The summed E-state index contributed by atoms with van der Waals surface area (Å²) < 4.78 is 6.72. The first-order valence-electron chi connectivity index (χ1n) is 7.75. The van der Waals surface area contributed by atoms with E-state index in [0.717, 1.165) is 23.2 Å². The first-order valence-corrected chi connectivity index (χ1v) is 8.74. The van der Waals surface area contributed by atoms with Gasteiger partial charge in [0.15, 0.2) is 10.8 Å². The molecule has 9 heteroatoms. The predicted octanol–water partition coefficient (Wildman–Crippen LogP) is 1.51. The molecule has 0 aliphatic rings. The van der Waals surface area contributed by atoms with Gasteiger partial charge in [-0.2, -0.15) is 5.10 Å². The maximum atomic E-state index is 12.3. The van der Waals surface area contributed by atoms with Crippen LogP contribution in [0.25, 0.3) is 16.7 Å². The highest BCUT2D eigenvalue weighted by molar-refractivity contribution is 7.99. The van der Waals surface area contributed by atoms with Gasteiger partial charge in [0.25, 0.3) is 5.56 Å². The summed E-state index contributed by atoms with van der Waals surface area (Å²) in [6.45, 7) is 3.94. The van der Waals surface area contributed by atoms with Crippen molar-refractivity contribution < 1.29 is 9.53 Å². The van der Waals surface area contributed by atoms with Crippen LogP contribution in [0.1, 0.15) is 0 Å². The van der Waals surface area contributed by atoms with Gasteiger partial charge in [-0.1, -0.05) is 17.8 Å². The molecule has 0 bridgehead atoms. The Balaban J connectivity index is 1.89. The molecule has 134 valence electrons. The number of carbonyl (C=O) groups is 1. The van der Waals surface area contributed by atoms with Crippen LogP contribution < -0.4 is 15.6 Å². The van der Waals surface area contributed by atoms with Gasteiger partial charge in [0.05, 0.1) is 24.7 Å². The summed E-state index contributed by atoms with van der Waals surface area (Å²) in [5.74, 6) is 0.693. The largest absolute Gasteiger partial charge is 0.497 e. The standard InChI is InChI=1S/C17H17N5O3S/c1-3-8-18-14(23)10-26-17-20-15-13(16(24)21-17)9-19-22(15)11-4-6-12(25-2)7-5-11/h3-7,9H,1,8,10H2,2H3,(H,18,23)(H,20,21,24). The summed E-state index contributed by atoms with van der Waals surface area (Å²) in [5, 5.41) is 7.65. The number of ether oxygens (including phenoxy) is 1. The molecule has 0 atom stereocenters. The summed E-state index contributed by atoms with van der Waals surface area (Å²) in [5.41, 5.74) is 0.871. The van der Waals surface area contributed by atoms with Crippen LogP contribution >= 0.6 is 11.8 Å². The zero-order chi connectivity index (χ0) is 18.5. The van der Waals surface area contributed by atoms with Crippen molar-refractivity contribution in [1.29, 1.82) is 0 Å². The minimum absolute atomic E-state index is 0.138. The maximum absolute atomic E-state index is 12.3. The van der Waals surface area contributed by atoms with E-state index < -0.39 is 0 Å². The molecule has 0 aliphatic carbocycles. The summed E-state index contributed by atoms with van der Waals surface area (Å²) in [7, 11) is 1.59. The number of methoxy groups -OCH3 is 1. The second-order valence-electron chi connectivity index (χ2n) is 5.24. The van der Waals surface area contributed by atoms with E-state index in [0.29, 0.717) is 22.7 Å². The van der Waals surface area contributed by atoms with Gasteiger partial charge >= 0.3 is 0 Å². The topological polar surface area (TPSA) is 102 Å². The van der Waals surface area contributed by atoms with Crippen LogP contribution in [0, 0.1) is 0 Å². The number of aromatic nitrogens is 4. The summed E-state index contributed by atoms with van der Waals surface area (Å²) in [6, 6.07) is 7.25. The smallest absolute Gasteiger partial charge is 0.262 e. The van der Waals surface area contributed by atoms with Crippen molar-refractivity contribution in [2.24, 2.45) is 0 Å². The van der Waals surface area contributed by atoms with Gasteiger partial charge in [0, 0.05) is 6.54 Å². The maximum Gasteiger partial charge on any atom is 0.262 e. The number of rotatable bonds is 7. The molecule has 2 aromatic heterocycles. The van der Waals surface area contributed by atoms with Crippen molar-refractivity contribution in [2.75, 3.05) is 19.4 Å². The number of fused-ring (bicyclic) bond motifs is 1. The molecule has 0 saturated heterocycles. The van der Waals surface area contributed by atoms with Crippen LogP contribution in [0.3, 0.4) is 0 Å². The molecular weight excluding hydrogens is 354 g/mol. The number of carbonyl (C=O) groups excluding carboxylic acids is 1. The Morgan fingerprint density at radius 3 is 2.88 bits per heavy atom. The summed E-state index contributed by atoms with van der Waals surface area (Å²) in [4.78, 5) is 31.1. The molecule has 26 heavy (non-hydrogen) atoms. The molecular formula is C17H17N5O3S. The second-order valence-corrected chi connectivity index (χ2v) is 6.21. The van der Waals surface area contributed by atoms with Gasteiger partial charge in [0.1, 0.15) is 11.1 Å². The SMILES string of the molecule is C=CCNC(=O)CSc1nc2c(cnn2-c2ccc(OC)cc2)c(=O)[nH]1. The number of benzene rings is 1. The fraction of sp³-hybridized carbons (Fsp3) is 0.176. The molecule has 0 saturated carbocycles. The molecule has 2 heterocycles. The third kappa shape index (κ3) is 3.77. The molecule has 0 spiro atoms. The van der Waals surface area contributed by atoms with Crippen molar-refractivity contribution in [2.45, 2.75) is 5.16 Å². The lowest BCUT2D eigenvalue weighted by atomic mass is 10.3. The first kappa shape index (κ1) is 17.7. The second kappa shape index (κ2) is 7.87. The van der Waals surface area contributed by atoms with Crippen molar-refractivity contribution in [3.63, 3.8) is 0 Å². The Bertz CT molecular complexity index is 994. The molecule has 8 nitrogen and oxygen atoms in total. The molecule has 0 fully saturated rings. The molecule has 1 amide bonds. The van der Waals surface area contributed by atoms with Gasteiger partial charge in [-0.05, 0) is 24.3 Å². The lowest BCUT2D eigenvalue weighted by molar-refractivity contribution is -0.118. The number of amides is 1. The quantitative estimate of drug-likeness (QED) is 0.371. The van der Waals surface area contributed by atoms with Crippen LogP contribution in [0.4, 0.5) is 0 Å². The molecule has 0 radical (unpaired) electrons. The molecule has 3 aromatic rings. The van der Waals surface area contributed by atoms with E-state index in [4.69, 9.17) is 4.74 Å². The fourth-order valence-electron chi connectivity index (χ4n) is 2.25. The van der Waals surface area contributed by atoms with Crippen LogP contribution in [-0.2, 0) is 4.79 Å². The molecule has 0 unspecified atom stereocenters. The Morgan fingerprint density at radius 1 is 1.42 bits per heavy atom. The third-order valence-electron chi connectivity index (χ3n) is 3.52. The minimum Gasteiger partial charge on any atom is -0.497 e. The fourth-order valence-corrected chi connectivity index (χ4v) is 2.94. The minimum atomic E-state index is -0.302. The van der Waals surface area contributed by atoms with Crippen LogP contribution in [-0.4, -0.2) is 45.1 Å². The van der Waals surface area contributed by atoms with E-state index in [-0.39, 0.29) is 17.2 Å². The lowest BCUT2D eigenvalue weighted by Gasteiger charge is -2.06. The number of nitrogens with zero attached hydrogens (tertiary/aromatic N) is 3. The molecule has 2 N–H and O–H groups in total. The summed E-state index contributed by atoms with van der Waals surface area (Å²) in [6.07, 6.45) is 3.07. The van der Waals surface area contributed by atoms with Crippen molar-refractivity contribution in [1.82, 2.24) is 25.1 Å². The van der Waals surface area contributed by atoms with Gasteiger partial charge in [-0.15, -0.1) is 6.58 Å². The molecule has 3 rings (SSSR count). The lowest BCUT2D eigenvalue weighted by Crippen LogP contribution is -2.25. The van der Waals surface area contributed by atoms with Crippen molar-refractivity contribution in [3.05, 3.63) is 53.5 Å². The van der Waals surface area contributed by atoms with E-state index in [1.807, 2.05) is 12.1 Å². The van der Waals surface area contributed by atoms with Crippen molar-refractivity contribution >= 4 is 28.7 Å². The van der Waals surface area contributed by atoms with E-state index in [2.05, 4.69) is 27.0 Å². The first-order chi connectivity index (χ1) is 12.6. The monoisotopic (exact) mass is 371 g/mol. The van der Waals surface area contributed by atoms with E-state index in [1.54, 1.807) is 30.0 Å². The number of aromatic amines is 1. The molecule has 1 aromatic carbocycles. The zero-order valence-corrected chi connectivity index (χ0v) is 14.9. The highest BCUT2D eigenvalue weighted by Gasteiger charge is 2.13. The van der Waals surface area contributed by atoms with Crippen LogP contribution in [0.15, 0.2) is 53.1 Å². The Hall–Kier alpha value is -3.07. The van der Waals surface area contributed by atoms with E-state index in [9.17, 15) is 9.59 Å². The number of hydrogen-bond acceptors (Lipinski definition) is 6. The van der Waals surface area contributed by atoms with Gasteiger partial charge in [0.2, 0.25) is 5.91 Å². The van der Waals surface area contributed by atoms with Crippen molar-refractivity contribution in [3.8, 4) is 11.4 Å². The average Bonchev–Trinajstić information content (AvgIpc) is 3.09. The third-order valence-corrected chi connectivity index (χ3v) is 4.39. The Morgan fingerprint density at radius 2 is 2.19 bits per heavy atom. The number of thioether (sulfide) groups is 1.